The van der Waals surface area contributed by atoms with E-state index in [1.165, 1.54) is 18.1 Å². The van der Waals surface area contributed by atoms with Gasteiger partial charge in [0.05, 0.1) is 71.3 Å². The fraction of sp³-hybridized carbons (Fsp3) is 0.270. The number of para-hydroxylation sites is 1. The van der Waals surface area contributed by atoms with Crippen molar-refractivity contribution < 1.29 is 28.2 Å². The number of methoxy groups -OCH3 is 1. The van der Waals surface area contributed by atoms with E-state index in [1.54, 1.807) is 35.0 Å². The second kappa shape index (κ2) is 12.4. The van der Waals surface area contributed by atoms with Gasteiger partial charge >= 0.3 is 5.97 Å². The number of ether oxygens (including phenoxy) is 3. The van der Waals surface area contributed by atoms with Crippen LogP contribution in [0, 0.1) is 5.82 Å². The Kier molecular flexibility index (Phi) is 7.97. The van der Waals surface area contributed by atoms with Gasteiger partial charge in [-0.05, 0) is 60.4 Å². The number of aromatic nitrogens is 2. The Bertz CT molecular complexity index is 2130. The standard InChI is InChI=1S/C37H31Cl2FN4O5/c1-42-15-23-10-20(6-9-32(23)41-42)22-11-29(38)34(30(39)12-22)36(45)43-16-21-4-3-5-26(35(21)49-19-43)27-14-33(28(13-31(27)40)37(46)47-2)44-24-7-8-25(44)18-48-17-24/h3-6,9-15,24-25H,7-8,16-19H2,1-2H3. The molecule has 0 spiro atoms. The van der Waals surface area contributed by atoms with E-state index in [1.807, 2.05) is 37.5 Å². The molecule has 4 aromatic carbocycles. The van der Waals surface area contributed by atoms with Crippen molar-refractivity contribution >= 4 is 51.7 Å². The first-order chi connectivity index (χ1) is 23.7. The lowest BCUT2D eigenvalue weighted by Crippen LogP contribution is -2.46. The predicted octanol–water partition coefficient (Wildman–Crippen LogP) is 7.50. The molecular formula is C37H31Cl2FN4O5. The minimum Gasteiger partial charge on any atom is -0.472 e. The summed E-state index contributed by atoms with van der Waals surface area (Å²) in [6.45, 7) is 1.17. The van der Waals surface area contributed by atoms with Gasteiger partial charge in [-0.25, -0.2) is 9.18 Å². The fourth-order valence-electron chi connectivity index (χ4n) is 7.32. The number of hydrogen-bond acceptors (Lipinski definition) is 7. The van der Waals surface area contributed by atoms with Crippen LogP contribution in [0.1, 0.15) is 39.1 Å². The molecule has 12 heteroatoms. The van der Waals surface area contributed by atoms with Gasteiger partial charge in [0.25, 0.3) is 5.91 Å². The molecule has 1 amide bonds. The highest BCUT2D eigenvalue weighted by atomic mass is 35.5. The van der Waals surface area contributed by atoms with Crippen molar-refractivity contribution in [3.63, 3.8) is 0 Å². The summed E-state index contributed by atoms with van der Waals surface area (Å²) in [6, 6.07) is 17.8. The van der Waals surface area contributed by atoms with Crippen molar-refractivity contribution in [1.29, 1.82) is 0 Å². The molecule has 2 fully saturated rings. The van der Waals surface area contributed by atoms with Gasteiger partial charge in [-0.15, -0.1) is 0 Å². The van der Waals surface area contributed by atoms with Crippen LogP contribution in [-0.2, 0) is 23.1 Å². The molecule has 1 aromatic heterocycles. The summed E-state index contributed by atoms with van der Waals surface area (Å²) in [5, 5.41) is 5.83. The quantitative estimate of drug-likeness (QED) is 0.176. The molecule has 0 N–H and O–H groups in total. The zero-order valence-corrected chi connectivity index (χ0v) is 28.2. The average Bonchev–Trinajstić information content (AvgIpc) is 3.59. The summed E-state index contributed by atoms with van der Waals surface area (Å²) in [6.07, 6.45) is 3.77. The minimum atomic E-state index is -0.605. The summed E-state index contributed by atoms with van der Waals surface area (Å²) in [5.74, 6) is -1.11. The molecular weight excluding hydrogens is 670 g/mol. The third kappa shape index (κ3) is 5.48. The number of nitrogens with zero attached hydrogens (tertiary/aromatic N) is 4. The van der Waals surface area contributed by atoms with E-state index in [-0.39, 0.29) is 58.0 Å². The molecule has 49 heavy (non-hydrogen) atoms. The van der Waals surface area contributed by atoms with Gasteiger partial charge in [-0.2, -0.15) is 5.10 Å². The van der Waals surface area contributed by atoms with E-state index < -0.39 is 11.8 Å². The molecule has 0 aliphatic carbocycles. The summed E-state index contributed by atoms with van der Waals surface area (Å²) >= 11 is 13.4. The van der Waals surface area contributed by atoms with Crippen molar-refractivity contribution in [3.05, 3.63) is 99.4 Å². The normalized spacial score (nSPS) is 18.4. The van der Waals surface area contributed by atoms with Crippen molar-refractivity contribution in [2.45, 2.75) is 31.5 Å². The van der Waals surface area contributed by atoms with Crippen LogP contribution in [0.2, 0.25) is 10.0 Å². The third-order valence-electron chi connectivity index (χ3n) is 9.62. The number of amides is 1. The Morgan fingerprint density at radius 3 is 2.45 bits per heavy atom. The number of halogens is 3. The summed E-state index contributed by atoms with van der Waals surface area (Å²) in [5.41, 5.74) is 4.98. The van der Waals surface area contributed by atoms with Crippen LogP contribution in [0.4, 0.5) is 10.1 Å². The first kappa shape index (κ1) is 31.6. The SMILES string of the molecule is COC(=O)c1cc(F)c(-c2cccc3c2OCN(C(=O)c2c(Cl)cc(-c4ccc5nn(C)cc5c4)cc2Cl)C3)cc1N1C2CCC1COC2. The maximum absolute atomic E-state index is 15.9. The monoisotopic (exact) mass is 700 g/mol. The number of morpholine rings is 1. The highest BCUT2D eigenvalue weighted by molar-refractivity contribution is 6.40. The van der Waals surface area contributed by atoms with Crippen LogP contribution >= 0.6 is 23.2 Å². The lowest BCUT2D eigenvalue weighted by atomic mass is 9.96. The van der Waals surface area contributed by atoms with Gasteiger partial charge in [-0.3, -0.25) is 9.48 Å². The molecule has 2 saturated heterocycles. The van der Waals surface area contributed by atoms with E-state index in [0.29, 0.717) is 35.8 Å². The number of aryl methyl sites for hydroxylation is 1. The van der Waals surface area contributed by atoms with Crippen molar-refractivity contribution in [1.82, 2.24) is 14.7 Å². The number of rotatable bonds is 5. The number of esters is 1. The Labute approximate surface area is 291 Å². The first-order valence-corrected chi connectivity index (χ1v) is 16.7. The smallest absolute Gasteiger partial charge is 0.340 e. The topological polar surface area (TPSA) is 86.1 Å². The van der Waals surface area contributed by atoms with Crippen LogP contribution in [0.15, 0.2) is 66.9 Å². The number of benzene rings is 4. The van der Waals surface area contributed by atoms with Crippen LogP contribution in [0.25, 0.3) is 33.2 Å². The lowest BCUT2D eigenvalue weighted by molar-refractivity contribution is 0.0515. The zero-order valence-electron chi connectivity index (χ0n) is 26.7. The zero-order chi connectivity index (χ0) is 34.0. The average molecular weight is 702 g/mol. The molecule has 3 aliphatic heterocycles. The van der Waals surface area contributed by atoms with Gasteiger partial charge in [0.15, 0.2) is 6.73 Å². The maximum atomic E-state index is 15.9. The molecule has 4 heterocycles. The number of carbonyl (C=O) groups is 2. The van der Waals surface area contributed by atoms with Gasteiger partial charge in [0.1, 0.15) is 11.6 Å². The van der Waals surface area contributed by atoms with E-state index in [4.69, 9.17) is 37.4 Å². The number of carbonyl (C=O) groups excluding carboxylic acids is 2. The first-order valence-electron chi connectivity index (χ1n) is 15.9. The molecule has 0 saturated carbocycles. The number of hydrogen-bond donors (Lipinski definition) is 0. The van der Waals surface area contributed by atoms with Gasteiger partial charge in [0, 0.05) is 35.3 Å². The fourth-order valence-corrected chi connectivity index (χ4v) is 7.97. The van der Waals surface area contributed by atoms with Crippen molar-refractivity contribution in [2.24, 2.45) is 7.05 Å². The van der Waals surface area contributed by atoms with E-state index in [0.717, 1.165) is 34.9 Å². The molecule has 2 unspecified atom stereocenters. The highest BCUT2D eigenvalue weighted by Crippen LogP contribution is 2.43. The second-order valence-electron chi connectivity index (χ2n) is 12.6. The summed E-state index contributed by atoms with van der Waals surface area (Å²) in [7, 11) is 3.16. The molecule has 5 aromatic rings. The third-order valence-corrected chi connectivity index (χ3v) is 10.2. The number of fused-ring (bicyclic) bond motifs is 4. The molecule has 9 nitrogen and oxygen atoms in total. The molecule has 3 aliphatic rings. The Morgan fingerprint density at radius 2 is 1.71 bits per heavy atom. The Balaban J connectivity index is 1.10. The van der Waals surface area contributed by atoms with Gasteiger partial charge in [-0.1, -0.05) is 47.5 Å². The molecule has 0 radical (unpaired) electrons. The largest absolute Gasteiger partial charge is 0.472 e. The molecule has 250 valence electrons. The van der Waals surface area contributed by atoms with Crippen LogP contribution in [-0.4, -0.2) is 65.7 Å². The molecule has 2 bridgehead atoms. The molecule has 2 atom stereocenters. The van der Waals surface area contributed by atoms with E-state index in [9.17, 15) is 9.59 Å². The van der Waals surface area contributed by atoms with Crippen LogP contribution in [0.3, 0.4) is 0 Å². The van der Waals surface area contributed by atoms with Crippen LogP contribution in [0.5, 0.6) is 5.75 Å². The maximum Gasteiger partial charge on any atom is 0.340 e. The van der Waals surface area contributed by atoms with E-state index in [2.05, 4.69) is 10.00 Å². The van der Waals surface area contributed by atoms with Crippen LogP contribution < -0.4 is 9.64 Å². The minimum absolute atomic E-state index is 0.0820. The predicted molar refractivity (Wildman–Crippen MR) is 185 cm³/mol. The Morgan fingerprint density at radius 1 is 0.959 bits per heavy atom. The molecule has 8 rings (SSSR count). The summed E-state index contributed by atoms with van der Waals surface area (Å²) < 4.78 is 34.6. The number of anilines is 1. The van der Waals surface area contributed by atoms with Gasteiger partial charge < -0.3 is 24.0 Å². The highest BCUT2D eigenvalue weighted by Gasteiger charge is 2.40. The second-order valence-corrected chi connectivity index (χ2v) is 13.4. The van der Waals surface area contributed by atoms with Crippen molar-refractivity contribution in [3.8, 4) is 28.0 Å². The van der Waals surface area contributed by atoms with Crippen molar-refractivity contribution in [2.75, 3.05) is 32.0 Å². The Hall–Kier alpha value is -4.64. The van der Waals surface area contributed by atoms with Gasteiger partial charge in [0.2, 0.25) is 0 Å². The summed E-state index contributed by atoms with van der Waals surface area (Å²) in [4.78, 5) is 30.3. The van der Waals surface area contributed by atoms with E-state index >= 15 is 4.39 Å². The lowest BCUT2D eigenvalue weighted by Gasteiger charge is -2.37.